The summed E-state index contributed by atoms with van der Waals surface area (Å²) < 4.78 is 0. The van der Waals surface area contributed by atoms with Gasteiger partial charge in [0.25, 0.3) is 5.56 Å². The van der Waals surface area contributed by atoms with Crippen LogP contribution in [-0.2, 0) is 12.8 Å². The number of aryl methyl sites for hydroxylation is 2. The molecule has 1 aromatic heterocycles. The average Bonchev–Trinajstić information content (AvgIpc) is 3.00. The fourth-order valence-electron chi connectivity index (χ4n) is 3.95. The van der Waals surface area contributed by atoms with Crippen molar-refractivity contribution >= 4 is 22.7 Å². The molecule has 2 N–H and O–H groups in total. The van der Waals surface area contributed by atoms with Gasteiger partial charge in [0.2, 0.25) is 0 Å². The number of H-pyrrole nitrogens is 1. The highest BCUT2D eigenvalue weighted by Gasteiger charge is 2.27. The second-order valence-electron chi connectivity index (χ2n) is 7.18. The fourth-order valence-corrected chi connectivity index (χ4v) is 5.09. The Balaban J connectivity index is 2.03. The van der Waals surface area contributed by atoms with Crippen LogP contribution in [0.15, 0.2) is 40.0 Å². The van der Waals surface area contributed by atoms with Crippen LogP contribution in [0.5, 0.6) is 5.75 Å². The van der Waals surface area contributed by atoms with Gasteiger partial charge in [0.05, 0.1) is 10.4 Å². The van der Waals surface area contributed by atoms with Crippen molar-refractivity contribution in [1.82, 2.24) is 4.98 Å². The van der Waals surface area contributed by atoms with Crippen LogP contribution in [0.25, 0.3) is 22.0 Å². The van der Waals surface area contributed by atoms with Gasteiger partial charge in [-0.1, -0.05) is 44.5 Å². The first-order valence-electron chi connectivity index (χ1n) is 9.17. The Morgan fingerprint density at radius 2 is 2.00 bits per heavy atom. The number of aromatic amines is 1. The van der Waals surface area contributed by atoms with Gasteiger partial charge in [0.1, 0.15) is 5.75 Å². The maximum atomic E-state index is 12.5. The predicted molar refractivity (Wildman–Crippen MR) is 109 cm³/mol. The molecule has 0 bridgehead atoms. The zero-order valence-electron chi connectivity index (χ0n) is 15.3. The van der Waals surface area contributed by atoms with Crippen LogP contribution in [0.3, 0.4) is 0 Å². The summed E-state index contributed by atoms with van der Waals surface area (Å²) >= 11 is 1.63. The van der Waals surface area contributed by atoms with E-state index in [1.165, 1.54) is 5.56 Å². The van der Waals surface area contributed by atoms with E-state index in [2.05, 4.69) is 43.1 Å². The van der Waals surface area contributed by atoms with Crippen molar-refractivity contribution in [1.29, 1.82) is 0 Å². The van der Waals surface area contributed by atoms with Gasteiger partial charge in [0.15, 0.2) is 0 Å². The van der Waals surface area contributed by atoms with E-state index in [-0.39, 0.29) is 11.3 Å². The number of phenols is 1. The quantitative estimate of drug-likeness (QED) is 0.671. The highest BCUT2D eigenvalue weighted by atomic mass is 32.2. The van der Waals surface area contributed by atoms with Gasteiger partial charge in [-0.25, -0.2) is 0 Å². The van der Waals surface area contributed by atoms with Gasteiger partial charge < -0.3 is 10.1 Å². The Labute approximate surface area is 157 Å². The summed E-state index contributed by atoms with van der Waals surface area (Å²) in [5.74, 6) is 0.275. The van der Waals surface area contributed by atoms with E-state index in [0.29, 0.717) is 5.25 Å². The van der Waals surface area contributed by atoms with Crippen molar-refractivity contribution in [2.75, 3.05) is 0 Å². The lowest BCUT2D eigenvalue weighted by atomic mass is 9.92. The molecule has 1 aliphatic rings. The summed E-state index contributed by atoms with van der Waals surface area (Å²) in [6, 6.07) is 10.2. The third-order valence-electron chi connectivity index (χ3n) is 5.12. The molecule has 0 spiro atoms. The van der Waals surface area contributed by atoms with E-state index in [1.54, 1.807) is 17.8 Å². The van der Waals surface area contributed by atoms with Crippen LogP contribution in [-0.4, -0.2) is 15.3 Å². The maximum Gasteiger partial charge on any atom is 0.262 e. The van der Waals surface area contributed by atoms with Gasteiger partial charge in [0, 0.05) is 16.2 Å². The third kappa shape index (κ3) is 2.73. The van der Waals surface area contributed by atoms with E-state index in [0.717, 1.165) is 57.3 Å². The second kappa shape index (κ2) is 6.51. The number of benzene rings is 2. The van der Waals surface area contributed by atoms with Gasteiger partial charge in [-0.15, -0.1) is 11.8 Å². The second-order valence-corrected chi connectivity index (χ2v) is 8.63. The van der Waals surface area contributed by atoms with Crippen molar-refractivity contribution in [3.05, 3.63) is 57.4 Å². The molecule has 1 unspecified atom stereocenters. The van der Waals surface area contributed by atoms with Crippen molar-refractivity contribution in [2.24, 2.45) is 0 Å². The Kier molecular flexibility index (Phi) is 4.31. The minimum absolute atomic E-state index is 0.0140. The molecule has 4 rings (SSSR count). The summed E-state index contributed by atoms with van der Waals surface area (Å²) in [5, 5.41) is 12.2. The Hall–Kier alpha value is -2.20. The van der Waals surface area contributed by atoms with Gasteiger partial charge in [-0.05, 0) is 48.1 Å². The molecule has 0 radical (unpaired) electrons. The SMILES string of the molecule is CCCc1ccc(-c2c(O)cc(C)c3[nH]c(=O)c4c(c23)CC(C)S4)cc1. The number of fused-ring (bicyclic) bond motifs is 3. The first-order valence-corrected chi connectivity index (χ1v) is 10.0. The van der Waals surface area contributed by atoms with Crippen molar-refractivity contribution < 1.29 is 5.11 Å². The zero-order chi connectivity index (χ0) is 18.4. The standard InChI is InChI=1S/C22H23NO2S/c1-4-5-14-6-8-15(9-7-14)18-17(24)10-12(2)20-19(18)16-11-13(3)26-21(16)22(25)23-20/h6-10,13,24H,4-5,11H2,1-3H3,(H,23,25). The zero-order valence-corrected chi connectivity index (χ0v) is 16.2. The van der Waals surface area contributed by atoms with Gasteiger partial charge in [-0.3, -0.25) is 4.79 Å². The highest BCUT2D eigenvalue weighted by Crippen LogP contribution is 2.45. The number of aromatic nitrogens is 1. The van der Waals surface area contributed by atoms with E-state index in [4.69, 9.17) is 0 Å². The first kappa shape index (κ1) is 17.2. The molecule has 2 aromatic carbocycles. The first-order chi connectivity index (χ1) is 12.5. The van der Waals surface area contributed by atoms with Crippen LogP contribution in [0.2, 0.25) is 0 Å². The monoisotopic (exact) mass is 365 g/mol. The van der Waals surface area contributed by atoms with Gasteiger partial charge >= 0.3 is 0 Å². The molecule has 1 aliphatic heterocycles. The fraction of sp³-hybridized carbons (Fsp3) is 0.318. The molecule has 2 heterocycles. The highest BCUT2D eigenvalue weighted by molar-refractivity contribution is 8.00. The Morgan fingerprint density at radius 1 is 1.27 bits per heavy atom. The normalized spacial score (nSPS) is 16.2. The lowest BCUT2D eigenvalue weighted by Crippen LogP contribution is -2.10. The molecule has 0 fully saturated rings. The van der Waals surface area contributed by atoms with Crippen molar-refractivity contribution in [3.8, 4) is 16.9 Å². The summed E-state index contributed by atoms with van der Waals surface area (Å²) in [6.07, 6.45) is 3.02. The summed E-state index contributed by atoms with van der Waals surface area (Å²) in [5.41, 5.74) is 5.92. The summed E-state index contributed by atoms with van der Waals surface area (Å²) in [4.78, 5) is 16.4. The molecular weight excluding hydrogens is 342 g/mol. The number of aromatic hydroxyl groups is 1. The largest absolute Gasteiger partial charge is 0.507 e. The Bertz CT molecular complexity index is 1050. The van der Waals surface area contributed by atoms with Crippen LogP contribution in [0, 0.1) is 6.92 Å². The number of pyridine rings is 1. The molecule has 134 valence electrons. The molecule has 0 aliphatic carbocycles. The van der Waals surface area contributed by atoms with Crippen LogP contribution in [0.1, 0.15) is 37.0 Å². The van der Waals surface area contributed by atoms with Crippen LogP contribution >= 0.6 is 11.8 Å². The number of phenolic OH excluding ortho intramolecular Hbond substituents is 1. The lowest BCUT2D eigenvalue weighted by molar-refractivity contribution is 0.477. The summed E-state index contributed by atoms with van der Waals surface area (Å²) in [6.45, 7) is 6.25. The molecule has 1 atom stereocenters. The number of rotatable bonds is 3. The van der Waals surface area contributed by atoms with Crippen LogP contribution < -0.4 is 5.56 Å². The lowest BCUT2D eigenvalue weighted by Gasteiger charge is -2.15. The van der Waals surface area contributed by atoms with Gasteiger partial charge in [-0.2, -0.15) is 0 Å². The Morgan fingerprint density at radius 3 is 2.69 bits per heavy atom. The molecule has 0 saturated heterocycles. The predicted octanol–water partition coefficient (Wildman–Crippen LogP) is 5.20. The molecule has 4 heteroatoms. The average molecular weight is 365 g/mol. The molecular formula is C22H23NO2S. The topological polar surface area (TPSA) is 53.1 Å². The third-order valence-corrected chi connectivity index (χ3v) is 6.35. The van der Waals surface area contributed by atoms with E-state index >= 15 is 0 Å². The minimum Gasteiger partial charge on any atom is -0.507 e. The minimum atomic E-state index is -0.0140. The molecule has 3 nitrogen and oxygen atoms in total. The van der Waals surface area contributed by atoms with Crippen molar-refractivity contribution in [2.45, 2.75) is 50.2 Å². The molecule has 0 amide bonds. The van der Waals surface area contributed by atoms with Crippen molar-refractivity contribution in [3.63, 3.8) is 0 Å². The molecule has 3 aromatic rings. The van der Waals surface area contributed by atoms with E-state index < -0.39 is 0 Å². The number of nitrogens with one attached hydrogen (secondary N) is 1. The number of thioether (sulfide) groups is 1. The smallest absolute Gasteiger partial charge is 0.262 e. The number of hydrogen-bond acceptors (Lipinski definition) is 3. The van der Waals surface area contributed by atoms with E-state index in [9.17, 15) is 9.90 Å². The van der Waals surface area contributed by atoms with Crippen LogP contribution in [0.4, 0.5) is 0 Å². The molecule has 26 heavy (non-hydrogen) atoms. The molecule has 0 saturated carbocycles. The maximum absolute atomic E-state index is 12.5. The van der Waals surface area contributed by atoms with E-state index in [1.807, 2.05) is 6.92 Å². The summed E-state index contributed by atoms with van der Waals surface area (Å²) in [7, 11) is 0. The number of hydrogen-bond donors (Lipinski definition) is 2.